The summed E-state index contributed by atoms with van der Waals surface area (Å²) in [6.07, 6.45) is 9.22. The van der Waals surface area contributed by atoms with Gasteiger partial charge in [0.1, 0.15) is 5.75 Å². The predicted molar refractivity (Wildman–Crippen MR) is 113 cm³/mol. The molecule has 2 heterocycles. The lowest BCUT2D eigenvalue weighted by Gasteiger charge is -2.48. The van der Waals surface area contributed by atoms with Gasteiger partial charge in [0.05, 0.1) is 12.2 Å². The van der Waals surface area contributed by atoms with Crippen LogP contribution in [0.15, 0.2) is 24.3 Å². The van der Waals surface area contributed by atoms with Crippen LogP contribution in [0, 0.1) is 0 Å². The van der Waals surface area contributed by atoms with Crippen LogP contribution >= 0.6 is 0 Å². The van der Waals surface area contributed by atoms with Crippen molar-refractivity contribution in [3.05, 3.63) is 24.3 Å². The Morgan fingerprint density at radius 3 is 2.48 bits per heavy atom. The molecule has 0 bridgehead atoms. The van der Waals surface area contributed by atoms with Gasteiger partial charge in [-0.25, -0.2) is 0 Å². The molecule has 1 N–H and O–H groups in total. The van der Waals surface area contributed by atoms with Gasteiger partial charge < -0.3 is 15.0 Å². The number of carbonyl (C=O) groups excluding carboxylic acids is 2. The Hall–Kier alpha value is -2.08. The molecule has 1 unspecified atom stereocenters. The minimum absolute atomic E-state index is 0.0735. The molecule has 1 aromatic carbocycles. The Bertz CT molecular complexity index is 739. The average molecular weight is 400 g/mol. The summed E-state index contributed by atoms with van der Waals surface area (Å²) in [5, 5.41) is 3.21. The van der Waals surface area contributed by atoms with E-state index in [1.54, 1.807) is 4.90 Å². The topological polar surface area (TPSA) is 61.9 Å². The van der Waals surface area contributed by atoms with E-state index in [2.05, 4.69) is 10.2 Å². The maximum atomic E-state index is 13.1. The summed E-state index contributed by atoms with van der Waals surface area (Å²) in [6, 6.07) is 7.42. The van der Waals surface area contributed by atoms with Gasteiger partial charge in [-0.2, -0.15) is 0 Å². The van der Waals surface area contributed by atoms with Crippen molar-refractivity contribution in [3.8, 4) is 5.75 Å². The summed E-state index contributed by atoms with van der Waals surface area (Å²) in [5.41, 5.74) is 0.822. The van der Waals surface area contributed by atoms with E-state index in [1.165, 1.54) is 45.4 Å². The van der Waals surface area contributed by atoms with Crippen LogP contribution in [0.2, 0.25) is 0 Å². The molecule has 1 atom stereocenters. The van der Waals surface area contributed by atoms with Gasteiger partial charge in [0.2, 0.25) is 5.91 Å². The number of nitrogens with one attached hydrogen (secondary N) is 1. The summed E-state index contributed by atoms with van der Waals surface area (Å²) in [7, 11) is 0. The first-order valence-corrected chi connectivity index (χ1v) is 11.2. The molecule has 158 valence electrons. The van der Waals surface area contributed by atoms with Crippen molar-refractivity contribution < 1.29 is 14.3 Å². The van der Waals surface area contributed by atoms with Crippen LogP contribution in [-0.4, -0.2) is 54.5 Å². The number of hydrogen-bond acceptors (Lipinski definition) is 4. The van der Waals surface area contributed by atoms with Gasteiger partial charge >= 0.3 is 0 Å². The SMILES string of the molecule is CC(=O)N1CC(C(=O)NCC2(N3CCCCC3)CCCCC2)Oc2ccccc21. The van der Waals surface area contributed by atoms with Crippen molar-refractivity contribution >= 4 is 17.5 Å². The molecular weight excluding hydrogens is 366 g/mol. The van der Waals surface area contributed by atoms with Crippen LogP contribution in [-0.2, 0) is 9.59 Å². The predicted octanol–water partition coefficient (Wildman–Crippen LogP) is 3.11. The molecule has 1 saturated heterocycles. The number of anilines is 1. The fourth-order valence-electron chi connectivity index (χ4n) is 5.22. The third-order valence-electron chi connectivity index (χ3n) is 6.85. The number of para-hydroxylation sites is 2. The highest BCUT2D eigenvalue weighted by Gasteiger charge is 2.40. The van der Waals surface area contributed by atoms with Crippen LogP contribution in [0.25, 0.3) is 0 Å². The number of fused-ring (bicyclic) bond motifs is 1. The molecule has 2 aliphatic heterocycles. The molecule has 2 amide bonds. The molecule has 1 aliphatic carbocycles. The molecular formula is C23H33N3O3. The highest BCUT2D eigenvalue weighted by molar-refractivity contribution is 5.95. The fraction of sp³-hybridized carbons (Fsp3) is 0.652. The summed E-state index contributed by atoms with van der Waals surface area (Å²) >= 11 is 0. The normalized spacial score (nSPS) is 24.3. The summed E-state index contributed by atoms with van der Waals surface area (Å²) < 4.78 is 5.97. The Labute approximate surface area is 173 Å². The number of piperidine rings is 1. The van der Waals surface area contributed by atoms with E-state index in [9.17, 15) is 9.59 Å². The highest BCUT2D eigenvalue weighted by atomic mass is 16.5. The zero-order chi connectivity index (χ0) is 20.3. The van der Waals surface area contributed by atoms with Gasteiger partial charge in [-0.15, -0.1) is 0 Å². The van der Waals surface area contributed by atoms with Crippen LogP contribution in [0.4, 0.5) is 5.69 Å². The van der Waals surface area contributed by atoms with Crippen molar-refractivity contribution in [3.63, 3.8) is 0 Å². The fourth-order valence-corrected chi connectivity index (χ4v) is 5.22. The second-order valence-corrected chi connectivity index (χ2v) is 8.75. The van der Waals surface area contributed by atoms with Crippen LogP contribution in [0.3, 0.4) is 0 Å². The lowest BCUT2D eigenvalue weighted by atomic mass is 9.79. The molecule has 4 rings (SSSR count). The Kier molecular flexibility index (Phi) is 6.09. The monoisotopic (exact) mass is 399 g/mol. The first-order chi connectivity index (χ1) is 14.1. The Morgan fingerprint density at radius 1 is 1.07 bits per heavy atom. The van der Waals surface area contributed by atoms with Crippen molar-refractivity contribution in [1.82, 2.24) is 10.2 Å². The Balaban J connectivity index is 1.45. The first-order valence-electron chi connectivity index (χ1n) is 11.2. The smallest absolute Gasteiger partial charge is 0.263 e. The minimum atomic E-state index is -0.671. The van der Waals surface area contributed by atoms with E-state index < -0.39 is 6.10 Å². The number of likely N-dealkylation sites (tertiary alicyclic amines) is 1. The van der Waals surface area contributed by atoms with Gasteiger partial charge in [0.15, 0.2) is 6.10 Å². The molecule has 3 aliphatic rings. The molecule has 0 radical (unpaired) electrons. The number of carbonyl (C=O) groups is 2. The van der Waals surface area contributed by atoms with E-state index in [4.69, 9.17) is 4.74 Å². The molecule has 6 heteroatoms. The van der Waals surface area contributed by atoms with E-state index >= 15 is 0 Å². The van der Waals surface area contributed by atoms with E-state index in [0.29, 0.717) is 12.3 Å². The number of ether oxygens (including phenoxy) is 1. The molecule has 29 heavy (non-hydrogen) atoms. The third-order valence-corrected chi connectivity index (χ3v) is 6.85. The van der Waals surface area contributed by atoms with Gasteiger partial charge in [-0.1, -0.05) is 37.8 Å². The number of amides is 2. The van der Waals surface area contributed by atoms with Gasteiger partial charge in [0.25, 0.3) is 5.91 Å². The van der Waals surface area contributed by atoms with Gasteiger partial charge in [0, 0.05) is 19.0 Å². The van der Waals surface area contributed by atoms with Gasteiger partial charge in [-0.3, -0.25) is 14.5 Å². The molecule has 1 saturated carbocycles. The summed E-state index contributed by atoms with van der Waals surface area (Å²) in [5.74, 6) is 0.404. The molecule has 6 nitrogen and oxygen atoms in total. The zero-order valence-corrected chi connectivity index (χ0v) is 17.5. The minimum Gasteiger partial charge on any atom is -0.477 e. The number of rotatable bonds is 4. The average Bonchev–Trinajstić information content (AvgIpc) is 2.78. The van der Waals surface area contributed by atoms with E-state index in [1.807, 2.05) is 24.3 Å². The maximum Gasteiger partial charge on any atom is 0.263 e. The molecule has 1 aromatic rings. The second kappa shape index (κ2) is 8.74. The van der Waals surface area contributed by atoms with Crippen LogP contribution in [0.1, 0.15) is 58.3 Å². The standard InChI is InChI=1S/C23H33N3O3/c1-18(27)26-16-21(29-20-11-5-4-10-19(20)26)22(28)24-17-23(12-6-2-7-13-23)25-14-8-3-9-15-25/h4-5,10-11,21H,2-3,6-9,12-17H2,1H3,(H,24,28). The maximum absolute atomic E-state index is 13.1. The Morgan fingerprint density at radius 2 is 1.76 bits per heavy atom. The highest BCUT2D eigenvalue weighted by Crippen LogP contribution is 2.36. The third kappa shape index (κ3) is 4.27. The zero-order valence-electron chi connectivity index (χ0n) is 17.5. The number of hydrogen-bond donors (Lipinski definition) is 1. The quantitative estimate of drug-likeness (QED) is 0.845. The lowest BCUT2D eigenvalue weighted by Crippen LogP contribution is -2.60. The number of nitrogens with zero attached hydrogens (tertiary/aromatic N) is 2. The van der Waals surface area contributed by atoms with Crippen molar-refractivity contribution in [2.45, 2.75) is 69.9 Å². The van der Waals surface area contributed by atoms with Crippen LogP contribution in [0.5, 0.6) is 5.75 Å². The van der Waals surface area contributed by atoms with Crippen molar-refractivity contribution in [1.29, 1.82) is 0 Å². The first kappa shape index (κ1) is 20.2. The molecule has 0 aromatic heterocycles. The molecule has 2 fully saturated rings. The lowest BCUT2D eigenvalue weighted by molar-refractivity contribution is -0.129. The molecule has 0 spiro atoms. The van der Waals surface area contributed by atoms with Crippen molar-refractivity contribution in [2.75, 3.05) is 31.1 Å². The summed E-state index contributed by atoms with van der Waals surface area (Å²) in [4.78, 5) is 29.5. The largest absolute Gasteiger partial charge is 0.477 e. The van der Waals surface area contributed by atoms with Gasteiger partial charge in [-0.05, 0) is 50.9 Å². The van der Waals surface area contributed by atoms with Crippen molar-refractivity contribution in [2.24, 2.45) is 0 Å². The van der Waals surface area contributed by atoms with Crippen LogP contribution < -0.4 is 15.0 Å². The van der Waals surface area contributed by atoms with E-state index in [-0.39, 0.29) is 23.9 Å². The number of benzene rings is 1. The second-order valence-electron chi connectivity index (χ2n) is 8.75. The van der Waals surface area contributed by atoms with E-state index in [0.717, 1.165) is 31.6 Å². The summed E-state index contributed by atoms with van der Waals surface area (Å²) in [6.45, 7) is 4.75.